The summed E-state index contributed by atoms with van der Waals surface area (Å²) in [6.45, 7) is 1.94. The van der Waals surface area contributed by atoms with E-state index in [1.165, 1.54) is 18.2 Å². The number of nitrogens with zero attached hydrogens (tertiary/aromatic N) is 2. The van der Waals surface area contributed by atoms with Gasteiger partial charge in [-0.2, -0.15) is 0 Å². The molecule has 0 radical (unpaired) electrons. The van der Waals surface area contributed by atoms with E-state index in [0.29, 0.717) is 16.9 Å². The fourth-order valence-corrected chi connectivity index (χ4v) is 1.90. The fraction of sp³-hybridized carbons (Fsp3) is 0.0769. The minimum absolute atomic E-state index is 0.0155. The van der Waals surface area contributed by atoms with Gasteiger partial charge in [-0.1, -0.05) is 0 Å². The maximum absolute atomic E-state index is 13.2. The molecular weight excluding hydrogens is 233 g/mol. The molecule has 0 atom stereocenters. The zero-order chi connectivity index (χ0) is 12.7. The van der Waals surface area contributed by atoms with Gasteiger partial charge in [0.15, 0.2) is 5.65 Å². The van der Waals surface area contributed by atoms with Crippen LogP contribution in [0, 0.1) is 12.7 Å². The summed E-state index contributed by atoms with van der Waals surface area (Å²) in [6, 6.07) is 5.53. The standard InChI is InChI=1S/C13H10FN3O/c1-7-6-15-13-9(7)5-11(16-17-13)10-4-8(14)2-3-12(10)18/h2-6,18H,1H3,(H,15,17). The van der Waals surface area contributed by atoms with Gasteiger partial charge in [-0.15, -0.1) is 10.2 Å². The highest BCUT2D eigenvalue weighted by Gasteiger charge is 2.10. The number of hydrogen-bond acceptors (Lipinski definition) is 3. The van der Waals surface area contributed by atoms with Crippen molar-refractivity contribution in [3.8, 4) is 17.0 Å². The number of halogens is 1. The summed E-state index contributed by atoms with van der Waals surface area (Å²) in [5.41, 5.74) is 2.48. The van der Waals surface area contributed by atoms with E-state index in [1.54, 1.807) is 6.07 Å². The molecule has 3 aromatic rings. The van der Waals surface area contributed by atoms with Crippen molar-refractivity contribution in [1.29, 1.82) is 0 Å². The number of nitrogens with one attached hydrogen (secondary N) is 1. The van der Waals surface area contributed by atoms with E-state index in [0.717, 1.165) is 10.9 Å². The molecule has 0 bridgehead atoms. The summed E-state index contributed by atoms with van der Waals surface area (Å²) in [6.07, 6.45) is 1.83. The van der Waals surface area contributed by atoms with Crippen LogP contribution in [0.25, 0.3) is 22.3 Å². The Morgan fingerprint density at radius 2 is 2.06 bits per heavy atom. The van der Waals surface area contributed by atoms with E-state index in [1.807, 2.05) is 13.1 Å². The number of aromatic nitrogens is 3. The summed E-state index contributed by atoms with van der Waals surface area (Å²) in [5, 5.41) is 18.6. The molecule has 1 aromatic carbocycles. The van der Waals surface area contributed by atoms with E-state index in [9.17, 15) is 9.50 Å². The summed E-state index contributed by atoms with van der Waals surface area (Å²) in [4.78, 5) is 2.98. The number of aromatic hydroxyl groups is 1. The Morgan fingerprint density at radius 3 is 2.89 bits per heavy atom. The van der Waals surface area contributed by atoms with Crippen molar-refractivity contribution in [3.63, 3.8) is 0 Å². The summed E-state index contributed by atoms with van der Waals surface area (Å²) in [7, 11) is 0. The normalized spacial score (nSPS) is 11.0. The zero-order valence-electron chi connectivity index (χ0n) is 9.61. The molecule has 5 heteroatoms. The Morgan fingerprint density at radius 1 is 1.22 bits per heavy atom. The highest BCUT2D eigenvalue weighted by atomic mass is 19.1. The molecule has 90 valence electrons. The third-order valence-corrected chi connectivity index (χ3v) is 2.88. The number of hydrogen-bond donors (Lipinski definition) is 2. The molecular formula is C13H10FN3O. The lowest BCUT2D eigenvalue weighted by Crippen LogP contribution is -1.90. The van der Waals surface area contributed by atoms with Gasteiger partial charge in [-0.25, -0.2) is 4.39 Å². The average Bonchev–Trinajstić information content (AvgIpc) is 2.74. The molecule has 2 heterocycles. The Kier molecular flexibility index (Phi) is 2.26. The lowest BCUT2D eigenvalue weighted by atomic mass is 10.1. The van der Waals surface area contributed by atoms with Crippen molar-refractivity contribution in [2.45, 2.75) is 6.92 Å². The topological polar surface area (TPSA) is 61.8 Å². The first-order valence-electron chi connectivity index (χ1n) is 5.45. The number of benzene rings is 1. The number of aromatic amines is 1. The molecule has 0 spiro atoms. The van der Waals surface area contributed by atoms with E-state index in [-0.39, 0.29) is 5.75 Å². The Balaban J connectivity index is 2.24. The van der Waals surface area contributed by atoms with Crippen LogP contribution in [0.1, 0.15) is 5.56 Å². The van der Waals surface area contributed by atoms with Gasteiger partial charge in [0, 0.05) is 17.1 Å². The molecule has 0 fully saturated rings. The zero-order valence-corrected chi connectivity index (χ0v) is 9.61. The molecule has 0 aliphatic rings. The van der Waals surface area contributed by atoms with Crippen molar-refractivity contribution < 1.29 is 9.50 Å². The molecule has 3 rings (SSSR count). The van der Waals surface area contributed by atoms with Crippen LogP contribution in [0.5, 0.6) is 5.75 Å². The molecule has 2 N–H and O–H groups in total. The maximum Gasteiger partial charge on any atom is 0.160 e. The van der Waals surface area contributed by atoms with Crippen molar-refractivity contribution in [1.82, 2.24) is 15.2 Å². The SMILES string of the molecule is Cc1c[nH]c2nnc(-c3cc(F)ccc3O)cc12. The largest absolute Gasteiger partial charge is 0.507 e. The van der Waals surface area contributed by atoms with Gasteiger partial charge in [0.25, 0.3) is 0 Å². The van der Waals surface area contributed by atoms with Gasteiger partial charge in [0.2, 0.25) is 0 Å². The molecule has 0 amide bonds. The summed E-state index contributed by atoms with van der Waals surface area (Å²) in [5.74, 6) is -0.436. The quantitative estimate of drug-likeness (QED) is 0.690. The number of phenolic OH excluding ortho intramolecular Hbond substituents is 1. The minimum Gasteiger partial charge on any atom is -0.507 e. The van der Waals surface area contributed by atoms with Crippen LogP contribution in [0.2, 0.25) is 0 Å². The summed E-state index contributed by atoms with van der Waals surface area (Å²) < 4.78 is 13.2. The van der Waals surface area contributed by atoms with Crippen molar-refractivity contribution in [2.75, 3.05) is 0 Å². The third kappa shape index (κ3) is 1.60. The number of aryl methyl sites for hydroxylation is 1. The Labute approximate surface area is 102 Å². The molecule has 0 saturated heterocycles. The monoisotopic (exact) mass is 243 g/mol. The molecule has 2 aromatic heterocycles. The van der Waals surface area contributed by atoms with Crippen LogP contribution in [0.15, 0.2) is 30.5 Å². The van der Waals surface area contributed by atoms with Crippen LogP contribution in [-0.4, -0.2) is 20.3 Å². The highest BCUT2D eigenvalue weighted by Crippen LogP contribution is 2.29. The van der Waals surface area contributed by atoms with Crippen LogP contribution in [0.4, 0.5) is 4.39 Å². The second kappa shape index (κ2) is 3.80. The van der Waals surface area contributed by atoms with Gasteiger partial charge in [0.05, 0.1) is 5.69 Å². The second-order valence-electron chi connectivity index (χ2n) is 4.13. The van der Waals surface area contributed by atoms with Gasteiger partial charge < -0.3 is 10.1 Å². The second-order valence-corrected chi connectivity index (χ2v) is 4.13. The average molecular weight is 243 g/mol. The minimum atomic E-state index is -0.421. The first-order valence-corrected chi connectivity index (χ1v) is 5.45. The number of H-pyrrole nitrogens is 1. The Hall–Kier alpha value is -2.43. The molecule has 0 aliphatic carbocycles. The summed E-state index contributed by atoms with van der Waals surface area (Å²) >= 11 is 0. The van der Waals surface area contributed by atoms with E-state index in [2.05, 4.69) is 15.2 Å². The van der Waals surface area contributed by atoms with Gasteiger partial charge >= 0.3 is 0 Å². The Bertz CT molecular complexity index is 736. The lowest BCUT2D eigenvalue weighted by molar-refractivity contribution is 0.475. The lowest BCUT2D eigenvalue weighted by Gasteiger charge is -2.03. The first kappa shape index (κ1) is 10.7. The van der Waals surface area contributed by atoms with Gasteiger partial charge in [-0.05, 0) is 36.8 Å². The van der Waals surface area contributed by atoms with Crippen LogP contribution >= 0.6 is 0 Å². The molecule has 18 heavy (non-hydrogen) atoms. The van der Waals surface area contributed by atoms with Crippen molar-refractivity contribution in [2.24, 2.45) is 0 Å². The predicted octanol–water partition coefficient (Wildman–Crippen LogP) is 2.78. The van der Waals surface area contributed by atoms with Crippen molar-refractivity contribution >= 4 is 11.0 Å². The predicted molar refractivity (Wildman–Crippen MR) is 65.7 cm³/mol. The molecule has 0 unspecified atom stereocenters. The van der Waals surface area contributed by atoms with Crippen LogP contribution in [0.3, 0.4) is 0 Å². The smallest absolute Gasteiger partial charge is 0.160 e. The number of fused-ring (bicyclic) bond motifs is 1. The van der Waals surface area contributed by atoms with Crippen LogP contribution < -0.4 is 0 Å². The van der Waals surface area contributed by atoms with Gasteiger partial charge in [-0.3, -0.25) is 0 Å². The fourth-order valence-electron chi connectivity index (χ4n) is 1.90. The third-order valence-electron chi connectivity index (χ3n) is 2.88. The molecule has 0 aliphatic heterocycles. The molecule has 0 saturated carbocycles. The highest BCUT2D eigenvalue weighted by molar-refractivity contribution is 5.83. The number of phenols is 1. The number of rotatable bonds is 1. The van der Waals surface area contributed by atoms with Crippen molar-refractivity contribution in [3.05, 3.63) is 41.8 Å². The van der Waals surface area contributed by atoms with E-state index < -0.39 is 5.82 Å². The van der Waals surface area contributed by atoms with Gasteiger partial charge in [0.1, 0.15) is 11.6 Å². The maximum atomic E-state index is 13.2. The van der Waals surface area contributed by atoms with E-state index >= 15 is 0 Å². The molecule has 4 nitrogen and oxygen atoms in total. The van der Waals surface area contributed by atoms with E-state index in [4.69, 9.17) is 0 Å². The first-order chi connectivity index (χ1) is 8.65. The van der Waals surface area contributed by atoms with Crippen LogP contribution in [-0.2, 0) is 0 Å².